The van der Waals surface area contributed by atoms with E-state index in [9.17, 15) is 29.6 Å². The molecule has 0 saturated carbocycles. The maximum absolute atomic E-state index is 14.9. The van der Waals surface area contributed by atoms with E-state index in [0.717, 1.165) is 50.3 Å². The van der Waals surface area contributed by atoms with Gasteiger partial charge >= 0.3 is 0 Å². The van der Waals surface area contributed by atoms with Crippen molar-refractivity contribution in [3.05, 3.63) is 47.5 Å². The monoisotopic (exact) mass is 649 g/mol. The number of hydrogen-bond donors (Lipinski definition) is 5. The van der Waals surface area contributed by atoms with Crippen LogP contribution < -0.4 is 9.64 Å². The number of ether oxygens (including phenoxy) is 2. The molecular weight excluding hydrogens is 601 g/mol. The van der Waals surface area contributed by atoms with Gasteiger partial charge in [0, 0.05) is 76.9 Å². The fraction of sp³-hybridized carbons (Fsp3) is 0.656. The lowest BCUT2D eigenvalue weighted by molar-refractivity contribution is -0.134. The van der Waals surface area contributed by atoms with Gasteiger partial charge in [0.25, 0.3) is 0 Å². The Kier molecular flexibility index (Phi) is 13.9. The highest BCUT2D eigenvalue weighted by atomic mass is 19.1. The first-order valence-corrected chi connectivity index (χ1v) is 16.0. The largest absolute Gasteiger partial charge is 0.493 e. The summed E-state index contributed by atoms with van der Waals surface area (Å²) in [7, 11) is 1.65. The van der Waals surface area contributed by atoms with E-state index in [2.05, 4.69) is 14.9 Å². The van der Waals surface area contributed by atoms with E-state index in [1.807, 2.05) is 4.90 Å². The Labute approximate surface area is 269 Å². The van der Waals surface area contributed by atoms with Gasteiger partial charge in [0.05, 0.1) is 32.3 Å². The Morgan fingerprint density at radius 1 is 1.00 bits per heavy atom. The van der Waals surface area contributed by atoms with Crippen molar-refractivity contribution in [3.63, 3.8) is 0 Å². The first-order chi connectivity index (χ1) is 22.2. The number of aliphatic hydroxyl groups is 5. The molecule has 14 heteroatoms. The maximum atomic E-state index is 14.9. The zero-order valence-corrected chi connectivity index (χ0v) is 26.5. The summed E-state index contributed by atoms with van der Waals surface area (Å²) >= 11 is 0. The molecule has 2 aromatic rings. The van der Waals surface area contributed by atoms with E-state index in [4.69, 9.17) is 14.6 Å². The van der Waals surface area contributed by atoms with E-state index in [0.29, 0.717) is 56.6 Å². The van der Waals surface area contributed by atoms with Gasteiger partial charge in [-0.05, 0) is 43.2 Å². The van der Waals surface area contributed by atoms with Crippen LogP contribution in [0.25, 0.3) is 0 Å². The molecule has 1 amide bonds. The molecular formula is C32H48FN5O8. The highest BCUT2D eigenvalue weighted by Gasteiger charge is 2.32. The molecule has 0 unspecified atom stereocenters. The molecule has 2 aliphatic rings. The second kappa shape index (κ2) is 17.8. The summed E-state index contributed by atoms with van der Waals surface area (Å²) in [5.41, 5.74) is 1.24. The third-order valence-corrected chi connectivity index (χ3v) is 8.79. The first kappa shape index (κ1) is 35.9. The van der Waals surface area contributed by atoms with Crippen molar-refractivity contribution < 1.29 is 44.2 Å². The highest BCUT2D eigenvalue weighted by Crippen LogP contribution is 2.25. The molecule has 256 valence electrons. The Bertz CT molecular complexity index is 1210. The third-order valence-electron chi connectivity index (χ3n) is 8.79. The van der Waals surface area contributed by atoms with E-state index < -0.39 is 36.8 Å². The summed E-state index contributed by atoms with van der Waals surface area (Å²) < 4.78 is 25.8. The van der Waals surface area contributed by atoms with Gasteiger partial charge < -0.3 is 44.8 Å². The smallest absolute Gasteiger partial charge is 0.227 e. The summed E-state index contributed by atoms with van der Waals surface area (Å²) in [6.45, 7) is 3.64. The van der Waals surface area contributed by atoms with Crippen LogP contribution in [0.3, 0.4) is 0 Å². The van der Waals surface area contributed by atoms with Crippen LogP contribution in [0.4, 0.5) is 10.3 Å². The van der Waals surface area contributed by atoms with Crippen molar-refractivity contribution >= 4 is 11.9 Å². The number of carbonyl (C=O) groups excluding carboxylic acids is 1. The lowest BCUT2D eigenvalue weighted by Crippen LogP contribution is -2.54. The fourth-order valence-electron chi connectivity index (χ4n) is 5.89. The van der Waals surface area contributed by atoms with Crippen molar-refractivity contribution in [1.82, 2.24) is 19.8 Å². The Morgan fingerprint density at radius 2 is 1.67 bits per heavy atom. The number of anilines is 1. The number of rotatable bonds is 16. The van der Waals surface area contributed by atoms with Gasteiger partial charge in [-0.15, -0.1) is 0 Å². The number of aromatic nitrogens is 2. The van der Waals surface area contributed by atoms with Gasteiger partial charge in [0.2, 0.25) is 11.9 Å². The van der Waals surface area contributed by atoms with Gasteiger partial charge in [-0.1, -0.05) is 6.07 Å². The van der Waals surface area contributed by atoms with Crippen molar-refractivity contribution in [2.45, 2.75) is 63.1 Å². The van der Waals surface area contributed by atoms with Gasteiger partial charge in [0.1, 0.15) is 29.9 Å². The number of piperazine rings is 1. The second-order valence-electron chi connectivity index (χ2n) is 12.2. The predicted molar refractivity (Wildman–Crippen MR) is 167 cm³/mol. The zero-order chi connectivity index (χ0) is 33.1. The van der Waals surface area contributed by atoms with Crippen LogP contribution in [0.1, 0.15) is 36.8 Å². The molecule has 2 fully saturated rings. The average Bonchev–Trinajstić information content (AvgIpc) is 3.07. The number of β-amino-alcohol motifs (C(OH)–C–C–N with tert-alkyl or cyclic N) is 1. The van der Waals surface area contributed by atoms with Gasteiger partial charge in [-0.3, -0.25) is 9.69 Å². The summed E-state index contributed by atoms with van der Waals surface area (Å²) in [6.07, 6.45) is 1.30. The number of piperidine rings is 1. The summed E-state index contributed by atoms with van der Waals surface area (Å²) in [6, 6.07) is 4.60. The second-order valence-corrected chi connectivity index (χ2v) is 12.2. The van der Waals surface area contributed by atoms with Crippen LogP contribution in [-0.2, 0) is 22.6 Å². The van der Waals surface area contributed by atoms with E-state index in [1.165, 1.54) is 6.07 Å². The number of amides is 1. The zero-order valence-electron chi connectivity index (χ0n) is 26.5. The van der Waals surface area contributed by atoms with Crippen molar-refractivity contribution in [1.29, 1.82) is 0 Å². The molecule has 4 atom stereocenters. The van der Waals surface area contributed by atoms with Crippen molar-refractivity contribution in [2.75, 3.05) is 71.0 Å². The molecule has 5 N–H and O–H groups in total. The Balaban J connectivity index is 1.12. The van der Waals surface area contributed by atoms with Crippen LogP contribution in [0.15, 0.2) is 30.6 Å². The minimum atomic E-state index is -1.68. The Hall–Kier alpha value is -2.98. The standard InChI is InChI=1S/C32H48FN5O8/c1-45-21-23-17-34-32(35-18-23)38-8-6-22(7-9-38)3-2-14-46-25-5-4-24(26(33)16-25)15-29(42)37-12-10-36(11-13-37)19-27(40)30(43)31(44)28(41)20-39/h4-5,16-18,22,27-28,30-31,39-41,43-44H,2-3,6-15,19-21H2,1H3/t27-,28+,30+,31+/m0/s1. The molecule has 0 bridgehead atoms. The van der Waals surface area contributed by atoms with Gasteiger partial charge in [-0.25, -0.2) is 14.4 Å². The number of nitrogens with zero attached hydrogens (tertiary/aromatic N) is 5. The van der Waals surface area contributed by atoms with E-state index in [-0.39, 0.29) is 18.9 Å². The van der Waals surface area contributed by atoms with Crippen molar-refractivity contribution in [2.24, 2.45) is 5.92 Å². The molecule has 4 rings (SSSR count). The number of carbonyl (C=O) groups is 1. The number of aliphatic hydroxyl groups excluding tert-OH is 5. The van der Waals surface area contributed by atoms with Gasteiger partial charge in [0.15, 0.2) is 0 Å². The number of halogens is 1. The molecule has 1 aromatic carbocycles. The fourth-order valence-corrected chi connectivity index (χ4v) is 5.89. The summed E-state index contributed by atoms with van der Waals surface area (Å²) in [5.74, 6) is 1.07. The molecule has 0 spiro atoms. The molecule has 2 aliphatic heterocycles. The highest BCUT2D eigenvalue weighted by molar-refractivity contribution is 5.79. The molecule has 0 radical (unpaired) electrons. The van der Waals surface area contributed by atoms with Crippen molar-refractivity contribution in [3.8, 4) is 5.75 Å². The van der Waals surface area contributed by atoms with E-state index in [1.54, 1.807) is 36.5 Å². The molecule has 3 heterocycles. The lowest BCUT2D eigenvalue weighted by Gasteiger charge is -2.37. The molecule has 13 nitrogen and oxygen atoms in total. The quantitative estimate of drug-likeness (QED) is 0.154. The number of methoxy groups -OCH3 is 1. The number of benzene rings is 1. The summed E-state index contributed by atoms with van der Waals surface area (Å²) in [4.78, 5) is 27.4. The molecule has 0 aliphatic carbocycles. The molecule has 2 saturated heterocycles. The molecule has 46 heavy (non-hydrogen) atoms. The summed E-state index contributed by atoms with van der Waals surface area (Å²) in [5, 5.41) is 48.4. The number of hydrogen-bond acceptors (Lipinski definition) is 12. The van der Waals surface area contributed by atoms with Crippen LogP contribution in [0.2, 0.25) is 0 Å². The minimum absolute atomic E-state index is 0.0219. The molecule has 1 aromatic heterocycles. The SMILES string of the molecule is COCc1cnc(N2CCC(CCCOc3ccc(CC(=O)N4CCN(C[C@H](O)[C@@H](O)[C@H](O)[C@H](O)CO)CC4)c(F)c3)CC2)nc1. The third kappa shape index (κ3) is 10.3. The van der Waals surface area contributed by atoms with E-state index >= 15 is 0 Å². The average molecular weight is 650 g/mol. The van der Waals surface area contributed by atoms with Gasteiger partial charge in [-0.2, -0.15) is 0 Å². The topological polar surface area (TPSA) is 172 Å². The van der Waals surface area contributed by atoms with Crippen LogP contribution in [0, 0.1) is 11.7 Å². The predicted octanol–water partition coefficient (Wildman–Crippen LogP) is -0.0397. The van der Waals surface area contributed by atoms with Crippen LogP contribution >= 0.6 is 0 Å². The van der Waals surface area contributed by atoms with Crippen LogP contribution in [-0.4, -0.2) is 142 Å². The minimum Gasteiger partial charge on any atom is -0.493 e. The normalized spacial score (nSPS) is 19.1. The first-order valence-electron chi connectivity index (χ1n) is 16.0. The lowest BCUT2D eigenvalue weighted by atomic mass is 9.92. The van der Waals surface area contributed by atoms with Crippen LogP contribution in [0.5, 0.6) is 5.75 Å². The maximum Gasteiger partial charge on any atom is 0.227 e. The Morgan fingerprint density at radius 3 is 2.30 bits per heavy atom.